The Hall–Kier alpha value is -0.940. The Morgan fingerprint density at radius 3 is 2.81 bits per heavy atom. The average molecular weight is 357 g/mol. The summed E-state index contributed by atoms with van der Waals surface area (Å²) in [5, 5.41) is 6.24. The molecule has 0 spiro atoms. The summed E-state index contributed by atoms with van der Waals surface area (Å²) < 4.78 is 14.1. The number of halogens is 2. The number of carbonyl (C=O) groups is 1. The summed E-state index contributed by atoms with van der Waals surface area (Å²) in [5.41, 5.74) is 0.812. The van der Waals surface area contributed by atoms with Crippen LogP contribution in [0, 0.1) is 5.82 Å². The third-order valence-corrected chi connectivity index (χ3v) is 4.72. The molecule has 116 valence electrons. The summed E-state index contributed by atoms with van der Waals surface area (Å²) in [7, 11) is 0. The van der Waals surface area contributed by atoms with E-state index < -0.39 is 0 Å². The normalized spacial score (nSPS) is 17.5. The highest BCUT2D eigenvalue weighted by Crippen LogP contribution is 2.18. The Morgan fingerprint density at radius 1 is 1.38 bits per heavy atom. The molecule has 0 saturated heterocycles. The molecule has 1 aromatic carbocycles. The van der Waals surface area contributed by atoms with E-state index in [2.05, 4.69) is 26.6 Å². The molecule has 1 atom stereocenters. The lowest BCUT2D eigenvalue weighted by Crippen LogP contribution is -2.46. The van der Waals surface area contributed by atoms with Crippen LogP contribution in [0.25, 0.3) is 0 Å². The molecule has 1 aliphatic carbocycles. The maximum atomic E-state index is 13.2. The molecule has 1 amide bonds. The van der Waals surface area contributed by atoms with Gasteiger partial charge in [0.25, 0.3) is 0 Å². The zero-order chi connectivity index (χ0) is 15.2. The number of nitrogens with one attached hydrogen (secondary N) is 2. The second-order valence-corrected chi connectivity index (χ2v) is 6.54. The van der Waals surface area contributed by atoms with E-state index in [4.69, 9.17) is 0 Å². The van der Waals surface area contributed by atoms with E-state index in [1.54, 1.807) is 6.07 Å². The van der Waals surface area contributed by atoms with E-state index in [0.717, 1.165) is 22.9 Å². The van der Waals surface area contributed by atoms with Crippen LogP contribution in [0.2, 0.25) is 0 Å². The summed E-state index contributed by atoms with van der Waals surface area (Å²) in [6, 6.07) is 4.59. The smallest absolute Gasteiger partial charge is 0.237 e. The van der Waals surface area contributed by atoms with Crippen molar-refractivity contribution in [3.05, 3.63) is 34.1 Å². The molecule has 21 heavy (non-hydrogen) atoms. The van der Waals surface area contributed by atoms with Gasteiger partial charge in [0.1, 0.15) is 5.82 Å². The van der Waals surface area contributed by atoms with Crippen molar-refractivity contribution < 1.29 is 9.18 Å². The van der Waals surface area contributed by atoms with Crippen LogP contribution in [0.5, 0.6) is 0 Å². The first-order valence-corrected chi connectivity index (χ1v) is 8.33. The number of rotatable bonds is 5. The van der Waals surface area contributed by atoms with E-state index in [-0.39, 0.29) is 17.8 Å². The third-order valence-electron chi connectivity index (χ3n) is 3.95. The highest BCUT2D eigenvalue weighted by molar-refractivity contribution is 9.10. The Kier molecular flexibility index (Phi) is 6.18. The number of hydrogen-bond acceptors (Lipinski definition) is 2. The van der Waals surface area contributed by atoms with Crippen LogP contribution in [-0.2, 0) is 11.3 Å². The molecule has 5 heteroatoms. The van der Waals surface area contributed by atoms with Gasteiger partial charge in [0.2, 0.25) is 5.91 Å². The fraction of sp³-hybridized carbons (Fsp3) is 0.562. The van der Waals surface area contributed by atoms with Crippen LogP contribution in [0.15, 0.2) is 22.7 Å². The first-order chi connectivity index (χ1) is 10.1. The first kappa shape index (κ1) is 16.4. The van der Waals surface area contributed by atoms with Crippen LogP contribution in [-0.4, -0.2) is 18.0 Å². The van der Waals surface area contributed by atoms with Crippen LogP contribution in [0.3, 0.4) is 0 Å². The molecule has 0 bridgehead atoms. The van der Waals surface area contributed by atoms with Gasteiger partial charge in [-0.15, -0.1) is 0 Å². The molecule has 0 heterocycles. The molecule has 3 nitrogen and oxygen atoms in total. The maximum Gasteiger partial charge on any atom is 0.237 e. The highest BCUT2D eigenvalue weighted by Gasteiger charge is 2.19. The quantitative estimate of drug-likeness (QED) is 0.847. The fourth-order valence-corrected chi connectivity index (χ4v) is 2.99. The molecule has 0 radical (unpaired) electrons. The number of amides is 1. The minimum Gasteiger partial charge on any atom is -0.352 e. The maximum absolute atomic E-state index is 13.2. The van der Waals surface area contributed by atoms with Gasteiger partial charge in [-0.3, -0.25) is 4.79 Å². The fourth-order valence-electron chi connectivity index (χ4n) is 2.61. The molecule has 0 aromatic heterocycles. The van der Waals surface area contributed by atoms with Gasteiger partial charge in [-0.2, -0.15) is 0 Å². The predicted octanol–water partition coefficient (Wildman–Crippen LogP) is 3.52. The topological polar surface area (TPSA) is 41.1 Å². The monoisotopic (exact) mass is 356 g/mol. The summed E-state index contributed by atoms with van der Waals surface area (Å²) in [4.78, 5) is 12.1. The van der Waals surface area contributed by atoms with Gasteiger partial charge >= 0.3 is 0 Å². The van der Waals surface area contributed by atoms with Crippen molar-refractivity contribution in [2.75, 3.05) is 0 Å². The van der Waals surface area contributed by atoms with E-state index in [9.17, 15) is 9.18 Å². The van der Waals surface area contributed by atoms with E-state index in [1.165, 1.54) is 31.4 Å². The lowest BCUT2D eigenvalue weighted by molar-refractivity contribution is -0.123. The molecule has 1 unspecified atom stereocenters. The van der Waals surface area contributed by atoms with Crippen molar-refractivity contribution in [3.8, 4) is 0 Å². The molecular weight excluding hydrogens is 335 g/mol. The van der Waals surface area contributed by atoms with Gasteiger partial charge in [0.15, 0.2) is 0 Å². The molecule has 2 rings (SSSR count). The number of carbonyl (C=O) groups excluding carboxylic acids is 1. The van der Waals surface area contributed by atoms with Gasteiger partial charge in [0.05, 0.1) is 6.04 Å². The van der Waals surface area contributed by atoms with E-state index in [0.29, 0.717) is 12.6 Å². The third kappa shape index (κ3) is 5.08. The molecule has 2 N–H and O–H groups in total. The van der Waals surface area contributed by atoms with Gasteiger partial charge in [-0.25, -0.2) is 4.39 Å². The Morgan fingerprint density at radius 2 is 2.10 bits per heavy atom. The van der Waals surface area contributed by atoms with Gasteiger partial charge < -0.3 is 10.6 Å². The van der Waals surface area contributed by atoms with Crippen molar-refractivity contribution in [1.82, 2.24) is 10.6 Å². The van der Waals surface area contributed by atoms with Gasteiger partial charge in [-0.05, 0) is 43.5 Å². The molecule has 1 aromatic rings. The predicted molar refractivity (Wildman–Crippen MR) is 85.4 cm³/mol. The van der Waals surface area contributed by atoms with Crippen LogP contribution < -0.4 is 10.6 Å². The number of benzene rings is 1. The zero-order valence-electron chi connectivity index (χ0n) is 12.3. The average Bonchev–Trinajstić information content (AvgIpc) is 2.49. The minimum absolute atomic E-state index is 0.0226. The second kappa shape index (κ2) is 7.90. The minimum atomic E-state index is -0.290. The van der Waals surface area contributed by atoms with Gasteiger partial charge in [0, 0.05) is 17.1 Å². The van der Waals surface area contributed by atoms with Gasteiger partial charge in [-0.1, -0.05) is 35.2 Å². The summed E-state index contributed by atoms with van der Waals surface area (Å²) in [5.74, 6) is -0.247. The van der Waals surface area contributed by atoms with Crippen molar-refractivity contribution in [2.45, 2.75) is 57.7 Å². The molecule has 1 saturated carbocycles. The van der Waals surface area contributed by atoms with Crippen molar-refractivity contribution in [3.63, 3.8) is 0 Å². The summed E-state index contributed by atoms with van der Waals surface area (Å²) in [6.07, 6.45) is 5.82. The molecule has 1 aliphatic rings. The molecule has 1 fully saturated rings. The van der Waals surface area contributed by atoms with E-state index in [1.807, 2.05) is 6.92 Å². The summed E-state index contributed by atoms with van der Waals surface area (Å²) in [6.45, 7) is 2.29. The second-order valence-electron chi connectivity index (χ2n) is 5.68. The van der Waals surface area contributed by atoms with Crippen molar-refractivity contribution >= 4 is 21.8 Å². The number of hydrogen-bond donors (Lipinski definition) is 2. The van der Waals surface area contributed by atoms with Crippen LogP contribution >= 0.6 is 15.9 Å². The Labute approximate surface area is 133 Å². The van der Waals surface area contributed by atoms with Crippen molar-refractivity contribution in [1.29, 1.82) is 0 Å². The molecule has 0 aliphatic heterocycles. The van der Waals surface area contributed by atoms with E-state index >= 15 is 0 Å². The summed E-state index contributed by atoms with van der Waals surface area (Å²) >= 11 is 3.39. The first-order valence-electron chi connectivity index (χ1n) is 7.54. The van der Waals surface area contributed by atoms with Crippen LogP contribution in [0.4, 0.5) is 4.39 Å². The Balaban J connectivity index is 1.81. The lowest BCUT2D eigenvalue weighted by Gasteiger charge is -2.24. The Bertz CT molecular complexity index is 489. The largest absolute Gasteiger partial charge is 0.352 e. The standard InChI is InChI=1S/C16H22BrFN2O/c1-11(16(21)20-14-5-3-2-4-6-14)19-10-12-9-13(18)7-8-15(12)17/h7-9,11,14,19H,2-6,10H2,1H3,(H,20,21). The van der Waals surface area contributed by atoms with Crippen LogP contribution in [0.1, 0.15) is 44.6 Å². The van der Waals surface area contributed by atoms with Crippen molar-refractivity contribution in [2.24, 2.45) is 0 Å². The zero-order valence-corrected chi connectivity index (χ0v) is 13.9. The lowest BCUT2D eigenvalue weighted by atomic mass is 9.95. The SMILES string of the molecule is CC(NCc1cc(F)ccc1Br)C(=O)NC1CCCCC1. The highest BCUT2D eigenvalue weighted by atomic mass is 79.9. The molecular formula is C16H22BrFN2O.